The van der Waals surface area contributed by atoms with Crippen LogP contribution < -0.4 is 5.73 Å². The zero-order valence-electron chi connectivity index (χ0n) is 9.24. The summed E-state index contributed by atoms with van der Waals surface area (Å²) >= 11 is 1.83. The lowest BCUT2D eigenvalue weighted by Gasteiger charge is -2.27. The maximum absolute atomic E-state index is 6.33. The van der Waals surface area contributed by atoms with Crippen LogP contribution in [-0.4, -0.2) is 0 Å². The average Bonchev–Trinajstić information content (AvgIpc) is 2.65. The third-order valence-corrected chi connectivity index (χ3v) is 4.48. The Labute approximate surface area is 102 Å². The van der Waals surface area contributed by atoms with Crippen molar-refractivity contribution >= 4 is 23.7 Å². The molecule has 15 heavy (non-hydrogen) atoms. The molecule has 0 spiro atoms. The SMILES string of the molecule is Cc1ccsc1[C@H](N)C1CCCCC1.Cl. The van der Waals surface area contributed by atoms with Crippen molar-refractivity contribution in [3.05, 3.63) is 21.9 Å². The second-order valence-electron chi connectivity index (χ2n) is 4.39. The molecule has 1 atom stereocenters. The minimum absolute atomic E-state index is 0. The molecule has 3 heteroatoms. The van der Waals surface area contributed by atoms with Crippen molar-refractivity contribution in [3.8, 4) is 0 Å². The molecule has 0 saturated heterocycles. The molecule has 2 rings (SSSR count). The highest BCUT2D eigenvalue weighted by molar-refractivity contribution is 7.10. The minimum atomic E-state index is 0. The van der Waals surface area contributed by atoms with Crippen LogP contribution in [0.4, 0.5) is 0 Å². The van der Waals surface area contributed by atoms with E-state index in [9.17, 15) is 0 Å². The largest absolute Gasteiger partial charge is 0.323 e. The van der Waals surface area contributed by atoms with Crippen molar-refractivity contribution in [3.63, 3.8) is 0 Å². The van der Waals surface area contributed by atoms with E-state index >= 15 is 0 Å². The van der Waals surface area contributed by atoms with Crippen LogP contribution in [-0.2, 0) is 0 Å². The highest BCUT2D eigenvalue weighted by atomic mass is 35.5. The van der Waals surface area contributed by atoms with Crippen LogP contribution in [0.3, 0.4) is 0 Å². The van der Waals surface area contributed by atoms with E-state index in [1.165, 1.54) is 42.5 Å². The van der Waals surface area contributed by atoms with Crippen LogP contribution in [0.15, 0.2) is 11.4 Å². The zero-order chi connectivity index (χ0) is 9.97. The molecule has 0 amide bonds. The Morgan fingerprint density at radius 1 is 1.33 bits per heavy atom. The van der Waals surface area contributed by atoms with Gasteiger partial charge in [0.05, 0.1) is 0 Å². The van der Waals surface area contributed by atoms with E-state index in [0.29, 0.717) is 6.04 Å². The van der Waals surface area contributed by atoms with E-state index < -0.39 is 0 Å². The number of nitrogens with two attached hydrogens (primary N) is 1. The molecule has 1 aliphatic carbocycles. The Bertz CT molecular complexity index is 292. The molecule has 1 aromatic heterocycles. The maximum Gasteiger partial charge on any atom is 0.0421 e. The molecule has 0 aliphatic heterocycles. The van der Waals surface area contributed by atoms with Gasteiger partial charge in [0.1, 0.15) is 0 Å². The van der Waals surface area contributed by atoms with Gasteiger partial charge < -0.3 is 5.73 Å². The topological polar surface area (TPSA) is 26.0 Å². The first-order valence-corrected chi connectivity index (χ1v) is 6.46. The van der Waals surface area contributed by atoms with Crippen LogP contribution in [0.5, 0.6) is 0 Å². The van der Waals surface area contributed by atoms with E-state index in [0.717, 1.165) is 5.92 Å². The van der Waals surface area contributed by atoms with E-state index in [-0.39, 0.29) is 12.4 Å². The average molecular weight is 246 g/mol. The fourth-order valence-corrected chi connectivity index (χ4v) is 3.46. The van der Waals surface area contributed by atoms with Gasteiger partial charge in [0.25, 0.3) is 0 Å². The third kappa shape index (κ3) is 2.96. The molecule has 0 radical (unpaired) electrons. The van der Waals surface area contributed by atoms with E-state index in [2.05, 4.69) is 18.4 Å². The van der Waals surface area contributed by atoms with Crippen molar-refractivity contribution in [2.75, 3.05) is 0 Å². The number of rotatable bonds is 2. The van der Waals surface area contributed by atoms with Crippen molar-refractivity contribution < 1.29 is 0 Å². The monoisotopic (exact) mass is 245 g/mol. The molecule has 0 aromatic carbocycles. The summed E-state index contributed by atoms with van der Waals surface area (Å²) in [6.45, 7) is 2.18. The predicted octanol–water partition coefficient (Wildman–Crippen LogP) is 4.06. The lowest BCUT2D eigenvalue weighted by molar-refractivity contribution is 0.310. The zero-order valence-corrected chi connectivity index (χ0v) is 10.9. The number of aryl methyl sites for hydroxylation is 1. The van der Waals surface area contributed by atoms with Gasteiger partial charge in [-0.05, 0) is 42.7 Å². The lowest BCUT2D eigenvalue weighted by Crippen LogP contribution is -2.23. The fraction of sp³-hybridized carbons (Fsp3) is 0.667. The molecule has 0 unspecified atom stereocenters. The highest BCUT2D eigenvalue weighted by Crippen LogP contribution is 2.35. The first kappa shape index (κ1) is 13.0. The van der Waals surface area contributed by atoms with Crippen molar-refractivity contribution in [2.24, 2.45) is 11.7 Å². The van der Waals surface area contributed by atoms with E-state index in [4.69, 9.17) is 5.73 Å². The smallest absolute Gasteiger partial charge is 0.0421 e. The van der Waals surface area contributed by atoms with Crippen molar-refractivity contribution in [1.29, 1.82) is 0 Å². The Morgan fingerprint density at radius 2 is 2.00 bits per heavy atom. The Hall–Kier alpha value is -0.0500. The van der Waals surface area contributed by atoms with Crippen LogP contribution in [0.25, 0.3) is 0 Å². The van der Waals surface area contributed by atoms with Gasteiger partial charge in [-0.2, -0.15) is 0 Å². The van der Waals surface area contributed by atoms with Gasteiger partial charge in [0, 0.05) is 10.9 Å². The van der Waals surface area contributed by atoms with Gasteiger partial charge >= 0.3 is 0 Å². The summed E-state index contributed by atoms with van der Waals surface area (Å²) in [5.74, 6) is 0.737. The summed E-state index contributed by atoms with van der Waals surface area (Å²) in [5.41, 5.74) is 7.71. The molecular formula is C12H20ClNS. The van der Waals surface area contributed by atoms with E-state index in [1.54, 1.807) is 0 Å². The number of hydrogen-bond acceptors (Lipinski definition) is 2. The fourth-order valence-electron chi connectivity index (χ4n) is 2.43. The van der Waals surface area contributed by atoms with Crippen LogP contribution >= 0.6 is 23.7 Å². The van der Waals surface area contributed by atoms with Gasteiger partial charge in [-0.1, -0.05) is 19.3 Å². The van der Waals surface area contributed by atoms with Crippen molar-refractivity contribution in [1.82, 2.24) is 0 Å². The van der Waals surface area contributed by atoms with Gasteiger partial charge in [-0.25, -0.2) is 0 Å². The predicted molar refractivity (Wildman–Crippen MR) is 69.8 cm³/mol. The van der Waals surface area contributed by atoms with E-state index in [1.807, 2.05) is 11.3 Å². The third-order valence-electron chi connectivity index (χ3n) is 3.36. The number of halogens is 1. The Balaban J connectivity index is 0.00000112. The summed E-state index contributed by atoms with van der Waals surface area (Å²) in [6, 6.07) is 2.48. The molecule has 1 aliphatic rings. The molecule has 0 bridgehead atoms. The van der Waals surface area contributed by atoms with Crippen LogP contribution in [0.2, 0.25) is 0 Å². The Kier molecular flexibility index (Phi) is 5.10. The molecule has 2 N–H and O–H groups in total. The molecule has 1 aromatic rings. The second-order valence-corrected chi connectivity index (χ2v) is 5.34. The number of hydrogen-bond donors (Lipinski definition) is 1. The second kappa shape index (κ2) is 5.88. The molecule has 1 heterocycles. The highest BCUT2D eigenvalue weighted by Gasteiger charge is 2.23. The standard InChI is InChI=1S/C12H19NS.ClH/c1-9-7-8-14-12(9)11(13)10-5-3-2-4-6-10;/h7-8,10-11H,2-6,13H2,1H3;1H/t11-;/m1./s1. The molecule has 1 fully saturated rings. The number of thiophene rings is 1. The van der Waals surface area contributed by atoms with Gasteiger partial charge in [-0.3, -0.25) is 0 Å². The van der Waals surface area contributed by atoms with Crippen molar-refractivity contribution in [2.45, 2.75) is 45.1 Å². The quantitative estimate of drug-likeness (QED) is 0.836. The maximum atomic E-state index is 6.33. The summed E-state index contributed by atoms with van der Waals surface area (Å²) in [4.78, 5) is 1.41. The lowest BCUT2D eigenvalue weighted by atomic mass is 9.83. The van der Waals surface area contributed by atoms with Crippen LogP contribution in [0.1, 0.15) is 48.6 Å². The first-order valence-electron chi connectivity index (χ1n) is 5.58. The van der Waals surface area contributed by atoms with Gasteiger partial charge in [0.15, 0.2) is 0 Å². The molecular weight excluding hydrogens is 226 g/mol. The molecule has 1 nitrogen and oxygen atoms in total. The summed E-state index contributed by atoms with van der Waals surface area (Å²) < 4.78 is 0. The molecule has 86 valence electrons. The summed E-state index contributed by atoms with van der Waals surface area (Å²) in [7, 11) is 0. The first-order chi connectivity index (χ1) is 6.79. The van der Waals surface area contributed by atoms with Gasteiger partial charge in [0.2, 0.25) is 0 Å². The normalized spacial score (nSPS) is 19.6. The molecule has 1 saturated carbocycles. The Morgan fingerprint density at radius 3 is 2.53 bits per heavy atom. The summed E-state index contributed by atoms with van der Waals surface area (Å²) in [6.07, 6.45) is 6.83. The summed E-state index contributed by atoms with van der Waals surface area (Å²) in [5, 5.41) is 2.16. The van der Waals surface area contributed by atoms with Gasteiger partial charge in [-0.15, -0.1) is 23.7 Å². The minimum Gasteiger partial charge on any atom is -0.323 e. The van der Waals surface area contributed by atoms with Crippen LogP contribution in [0, 0.1) is 12.8 Å².